The minimum atomic E-state index is -0.742. The Morgan fingerprint density at radius 1 is 1.50 bits per heavy atom. The van der Waals surface area contributed by atoms with E-state index >= 15 is 0 Å². The van der Waals surface area contributed by atoms with Gasteiger partial charge in [0.05, 0.1) is 12.6 Å². The monoisotopic (exact) mass is 225 g/mol. The highest BCUT2D eigenvalue weighted by molar-refractivity contribution is 5.70. The first kappa shape index (κ1) is 10.4. The van der Waals surface area contributed by atoms with Crippen molar-refractivity contribution in [2.75, 3.05) is 5.73 Å². The number of nitrogens with zero attached hydrogens (tertiary/aromatic N) is 2. The summed E-state index contributed by atoms with van der Waals surface area (Å²) in [6, 6.07) is 0. The fourth-order valence-electron chi connectivity index (χ4n) is 1.53. The van der Waals surface area contributed by atoms with Gasteiger partial charge in [0.25, 0.3) is 5.56 Å². The molecule has 8 nitrogen and oxygen atoms in total. The van der Waals surface area contributed by atoms with Crippen molar-refractivity contribution in [2.24, 2.45) is 0 Å². The number of aromatic nitrogens is 4. The lowest BCUT2D eigenvalue weighted by Crippen LogP contribution is -2.25. The standard InChI is InChI=1S/C8H11N5O3/c1-3(14)2-13-4-5(11-8(13)16)10-7(9)12-6(4)15/h3,14H,2H2,1H3,(H4,9,10,11,12,15,16). The maximum atomic E-state index is 11.6. The Bertz CT molecular complexity index is 635. The fourth-order valence-corrected chi connectivity index (χ4v) is 1.53. The van der Waals surface area contributed by atoms with Crippen LogP contribution < -0.4 is 17.0 Å². The summed E-state index contributed by atoms with van der Waals surface area (Å²) in [5.41, 5.74) is 4.53. The van der Waals surface area contributed by atoms with Gasteiger partial charge in [-0.2, -0.15) is 4.98 Å². The van der Waals surface area contributed by atoms with E-state index in [-0.39, 0.29) is 23.7 Å². The van der Waals surface area contributed by atoms with Crippen LogP contribution in [0.25, 0.3) is 11.2 Å². The van der Waals surface area contributed by atoms with E-state index in [1.807, 2.05) is 0 Å². The molecule has 1 atom stereocenters. The third kappa shape index (κ3) is 1.58. The maximum Gasteiger partial charge on any atom is 0.327 e. The van der Waals surface area contributed by atoms with Crippen molar-refractivity contribution in [3.05, 3.63) is 20.8 Å². The number of nitrogens with two attached hydrogens (primary N) is 1. The minimum absolute atomic E-state index is 0.0213. The molecule has 0 aromatic carbocycles. The second-order valence-corrected chi connectivity index (χ2v) is 3.54. The first-order chi connectivity index (χ1) is 7.49. The summed E-state index contributed by atoms with van der Waals surface area (Å²) < 4.78 is 1.13. The van der Waals surface area contributed by atoms with Crippen LogP contribution in [-0.4, -0.2) is 30.7 Å². The number of aliphatic hydroxyl groups is 1. The van der Waals surface area contributed by atoms with E-state index < -0.39 is 17.4 Å². The number of aliphatic hydroxyl groups excluding tert-OH is 1. The number of fused-ring (bicyclic) bond motifs is 1. The van der Waals surface area contributed by atoms with Gasteiger partial charge >= 0.3 is 5.69 Å². The van der Waals surface area contributed by atoms with Gasteiger partial charge < -0.3 is 10.8 Å². The van der Waals surface area contributed by atoms with Gasteiger partial charge in [0.1, 0.15) is 0 Å². The molecule has 2 heterocycles. The highest BCUT2D eigenvalue weighted by Crippen LogP contribution is 2.03. The molecule has 86 valence electrons. The van der Waals surface area contributed by atoms with Gasteiger partial charge in [0.2, 0.25) is 5.95 Å². The zero-order chi connectivity index (χ0) is 11.9. The Balaban J connectivity index is 2.79. The molecule has 1 unspecified atom stereocenters. The van der Waals surface area contributed by atoms with Crippen molar-refractivity contribution < 1.29 is 5.11 Å². The number of aromatic amines is 2. The summed E-state index contributed by atoms with van der Waals surface area (Å²) in [5.74, 6) is -0.0667. The molecule has 2 aromatic rings. The fraction of sp³-hybridized carbons (Fsp3) is 0.375. The maximum absolute atomic E-state index is 11.6. The average molecular weight is 225 g/mol. The second kappa shape index (κ2) is 3.49. The number of H-pyrrole nitrogens is 2. The topological polar surface area (TPSA) is 130 Å². The van der Waals surface area contributed by atoms with Gasteiger partial charge in [-0.25, -0.2) is 4.79 Å². The van der Waals surface area contributed by atoms with E-state index in [0.29, 0.717) is 0 Å². The lowest BCUT2D eigenvalue weighted by Gasteiger charge is -2.04. The van der Waals surface area contributed by atoms with Gasteiger partial charge in [0.15, 0.2) is 11.2 Å². The molecule has 0 fully saturated rings. The molecule has 0 spiro atoms. The SMILES string of the molecule is CC(O)Cn1c(=O)[nH]c2nc(N)[nH]c(=O)c21. The highest BCUT2D eigenvalue weighted by atomic mass is 16.3. The number of hydrogen-bond acceptors (Lipinski definition) is 5. The summed E-state index contributed by atoms with van der Waals surface area (Å²) in [6.07, 6.45) is -0.742. The predicted octanol–water partition coefficient (Wildman–Crippen LogP) is -1.62. The normalized spacial score (nSPS) is 13.1. The zero-order valence-corrected chi connectivity index (χ0v) is 8.52. The summed E-state index contributed by atoms with van der Waals surface area (Å²) in [7, 11) is 0. The summed E-state index contributed by atoms with van der Waals surface area (Å²) >= 11 is 0. The molecule has 5 N–H and O–H groups in total. The van der Waals surface area contributed by atoms with Crippen LogP contribution in [-0.2, 0) is 6.54 Å². The quantitative estimate of drug-likeness (QED) is 0.487. The summed E-state index contributed by atoms with van der Waals surface area (Å²) in [4.78, 5) is 31.6. The lowest BCUT2D eigenvalue weighted by molar-refractivity contribution is 0.173. The Kier molecular flexibility index (Phi) is 2.27. The van der Waals surface area contributed by atoms with Crippen LogP contribution in [0, 0.1) is 0 Å². The van der Waals surface area contributed by atoms with Crippen LogP contribution in [0.3, 0.4) is 0 Å². The molecular weight excluding hydrogens is 214 g/mol. The smallest absolute Gasteiger partial charge is 0.327 e. The van der Waals surface area contributed by atoms with Crippen molar-refractivity contribution in [1.82, 2.24) is 19.5 Å². The van der Waals surface area contributed by atoms with E-state index in [4.69, 9.17) is 5.73 Å². The number of nitrogens with one attached hydrogen (secondary N) is 2. The van der Waals surface area contributed by atoms with Crippen molar-refractivity contribution in [2.45, 2.75) is 19.6 Å². The van der Waals surface area contributed by atoms with Gasteiger partial charge in [-0.1, -0.05) is 0 Å². The largest absolute Gasteiger partial charge is 0.392 e. The predicted molar refractivity (Wildman–Crippen MR) is 57.1 cm³/mol. The molecule has 2 aromatic heterocycles. The van der Waals surface area contributed by atoms with E-state index in [1.54, 1.807) is 0 Å². The van der Waals surface area contributed by atoms with E-state index in [1.165, 1.54) is 6.92 Å². The summed E-state index contributed by atoms with van der Waals surface area (Å²) in [5, 5.41) is 9.22. The molecule has 0 radical (unpaired) electrons. The van der Waals surface area contributed by atoms with Crippen molar-refractivity contribution in [1.29, 1.82) is 0 Å². The zero-order valence-electron chi connectivity index (χ0n) is 8.52. The lowest BCUT2D eigenvalue weighted by atomic mass is 10.4. The summed E-state index contributed by atoms with van der Waals surface area (Å²) in [6.45, 7) is 1.54. The van der Waals surface area contributed by atoms with Gasteiger partial charge in [-0.3, -0.25) is 19.3 Å². The van der Waals surface area contributed by atoms with Crippen LogP contribution >= 0.6 is 0 Å². The van der Waals surface area contributed by atoms with E-state index in [9.17, 15) is 14.7 Å². The van der Waals surface area contributed by atoms with Gasteiger partial charge in [-0.05, 0) is 6.92 Å². The van der Waals surface area contributed by atoms with E-state index in [0.717, 1.165) is 4.57 Å². The Hall–Kier alpha value is -2.09. The average Bonchev–Trinajstić information content (AvgIpc) is 2.41. The first-order valence-corrected chi connectivity index (χ1v) is 4.65. The minimum Gasteiger partial charge on any atom is -0.392 e. The molecule has 0 aliphatic heterocycles. The van der Waals surface area contributed by atoms with Crippen molar-refractivity contribution in [3.8, 4) is 0 Å². The number of imidazole rings is 1. The third-order valence-corrected chi connectivity index (χ3v) is 2.10. The molecular formula is C8H11N5O3. The van der Waals surface area contributed by atoms with Gasteiger partial charge in [0, 0.05) is 0 Å². The number of hydrogen-bond donors (Lipinski definition) is 4. The Morgan fingerprint density at radius 3 is 2.81 bits per heavy atom. The molecule has 0 bridgehead atoms. The van der Waals surface area contributed by atoms with Crippen LogP contribution in [0.5, 0.6) is 0 Å². The molecule has 0 saturated heterocycles. The number of rotatable bonds is 2. The second-order valence-electron chi connectivity index (χ2n) is 3.54. The Labute approximate surface area is 88.7 Å². The molecule has 0 aliphatic carbocycles. The van der Waals surface area contributed by atoms with Crippen molar-refractivity contribution in [3.63, 3.8) is 0 Å². The van der Waals surface area contributed by atoms with Crippen LogP contribution in [0.15, 0.2) is 9.59 Å². The number of anilines is 1. The van der Waals surface area contributed by atoms with Crippen molar-refractivity contribution >= 4 is 17.1 Å². The van der Waals surface area contributed by atoms with E-state index in [2.05, 4.69) is 15.0 Å². The molecule has 0 saturated carbocycles. The molecule has 2 rings (SSSR count). The highest BCUT2D eigenvalue weighted by Gasteiger charge is 2.13. The first-order valence-electron chi connectivity index (χ1n) is 4.65. The third-order valence-electron chi connectivity index (χ3n) is 2.10. The molecule has 0 amide bonds. The molecule has 8 heteroatoms. The Morgan fingerprint density at radius 2 is 2.19 bits per heavy atom. The number of nitrogen functional groups attached to an aromatic ring is 1. The van der Waals surface area contributed by atoms with Crippen LogP contribution in [0.1, 0.15) is 6.92 Å². The van der Waals surface area contributed by atoms with Gasteiger partial charge in [-0.15, -0.1) is 0 Å². The van der Waals surface area contributed by atoms with Crippen LogP contribution in [0.2, 0.25) is 0 Å². The molecule has 16 heavy (non-hydrogen) atoms. The van der Waals surface area contributed by atoms with Crippen LogP contribution in [0.4, 0.5) is 5.95 Å². The molecule has 0 aliphatic rings.